The lowest BCUT2D eigenvalue weighted by Crippen LogP contribution is -2.18. The Morgan fingerprint density at radius 2 is 1.86 bits per heavy atom. The first-order valence-corrected chi connectivity index (χ1v) is 10.7. The van der Waals surface area contributed by atoms with Crippen LogP contribution in [-0.2, 0) is 4.79 Å². The van der Waals surface area contributed by atoms with Crippen LogP contribution in [0.3, 0.4) is 0 Å². The largest absolute Gasteiger partial charge is 0.451 e. The molecule has 1 aliphatic heterocycles. The molecule has 1 aliphatic rings. The first-order chi connectivity index (χ1) is 14.3. The number of hydrogen-bond donors (Lipinski definition) is 1. The van der Waals surface area contributed by atoms with Gasteiger partial charge in [0.2, 0.25) is 5.91 Å². The summed E-state index contributed by atoms with van der Waals surface area (Å²) in [4.78, 5) is 23.4. The molecule has 5 rings (SSSR count). The van der Waals surface area contributed by atoms with Crippen molar-refractivity contribution in [1.29, 1.82) is 0 Å². The van der Waals surface area contributed by atoms with Gasteiger partial charge in [-0.15, -0.1) is 0 Å². The molecule has 0 bridgehead atoms. The maximum Gasteiger partial charge on any atom is 0.234 e. The second-order valence-corrected chi connectivity index (χ2v) is 8.00. The topological polar surface area (TPSA) is 71.3 Å². The van der Waals surface area contributed by atoms with E-state index < -0.39 is 0 Å². The number of amides is 1. The maximum absolute atomic E-state index is 12.4. The van der Waals surface area contributed by atoms with Crippen LogP contribution in [0.25, 0.3) is 22.1 Å². The molecule has 6 nitrogen and oxygen atoms in total. The first kappa shape index (κ1) is 18.0. The molecule has 0 radical (unpaired) electrons. The van der Waals surface area contributed by atoms with E-state index in [0.29, 0.717) is 10.6 Å². The molecule has 0 atom stereocenters. The third kappa shape index (κ3) is 3.65. The highest BCUT2D eigenvalue weighted by atomic mass is 32.2. The molecule has 146 valence electrons. The van der Waals surface area contributed by atoms with Crippen LogP contribution in [0, 0.1) is 0 Å². The highest BCUT2D eigenvalue weighted by Gasteiger charge is 2.15. The number of para-hydroxylation sites is 1. The number of hydrogen-bond acceptors (Lipinski definition) is 6. The Labute approximate surface area is 172 Å². The highest BCUT2D eigenvalue weighted by molar-refractivity contribution is 8.00. The minimum atomic E-state index is -0.0770. The molecular formula is C22H20N4O2S. The summed E-state index contributed by atoms with van der Waals surface area (Å²) in [5.74, 6) is 0.170. The average Bonchev–Trinajstić information content (AvgIpc) is 3.41. The summed E-state index contributed by atoms with van der Waals surface area (Å²) in [5, 5.41) is 4.58. The Morgan fingerprint density at radius 3 is 2.69 bits per heavy atom. The molecule has 0 aliphatic carbocycles. The van der Waals surface area contributed by atoms with Gasteiger partial charge < -0.3 is 14.6 Å². The summed E-state index contributed by atoms with van der Waals surface area (Å²) in [7, 11) is 0. The quantitative estimate of drug-likeness (QED) is 0.384. The van der Waals surface area contributed by atoms with Crippen molar-refractivity contribution in [1.82, 2.24) is 9.97 Å². The van der Waals surface area contributed by atoms with Crippen molar-refractivity contribution < 1.29 is 9.21 Å². The van der Waals surface area contributed by atoms with E-state index in [0.717, 1.165) is 35.3 Å². The molecule has 0 unspecified atom stereocenters. The van der Waals surface area contributed by atoms with E-state index in [1.54, 1.807) is 0 Å². The molecule has 2 aromatic heterocycles. The molecule has 1 saturated heterocycles. The number of fused-ring (bicyclic) bond motifs is 3. The van der Waals surface area contributed by atoms with Gasteiger partial charge in [-0.3, -0.25) is 4.79 Å². The zero-order valence-electron chi connectivity index (χ0n) is 15.8. The fourth-order valence-electron chi connectivity index (χ4n) is 3.67. The molecule has 2 aromatic carbocycles. The highest BCUT2D eigenvalue weighted by Crippen LogP contribution is 2.32. The summed E-state index contributed by atoms with van der Waals surface area (Å²) >= 11 is 1.35. The number of aromatic nitrogens is 2. The van der Waals surface area contributed by atoms with E-state index >= 15 is 0 Å². The Morgan fingerprint density at radius 1 is 1.07 bits per heavy atom. The van der Waals surface area contributed by atoms with Crippen molar-refractivity contribution in [2.75, 3.05) is 29.1 Å². The van der Waals surface area contributed by atoms with Crippen LogP contribution in [0.5, 0.6) is 0 Å². The van der Waals surface area contributed by atoms with E-state index in [4.69, 9.17) is 4.42 Å². The van der Waals surface area contributed by atoms with Crippen molar-refractivity contribution in [3.05, 3.63) is 54.9 Å². The molecule has 4 aromatic rings. The SMILES string of the molecule is O=C(CSc1ncnc2c1oc1ccccc12)Nc1ccc(N2CCCC2)cc1. The lowest BCUT2D eigenvalue weighted by Gasteiger charge is -2.17. The number of thioether (sulfide) groups is 1. The zero-order valence-corrected chi connectivity index (χ0v) is 16.6. The normalized spacial score (nSPS) is 14.0. The van der Waals surface area contributed by atoms with Crippen molar-refractivity contribution in [3.8, 4) is 0 Å². The van der Waals surface area contributed by atoms with Crippen LogP contribution < -0.4 is 10.2 Å². The number of carbonyl (C=O) groups is 1. The molecule has 7 heteroatoms. The minimum Gasteiger partial charge on any atom is -0.451 e. The van der Waals surface area contributed by atoms with Gasteiger partial charge >= 0.3 is 0 Å². The van der Waals surface area contributed by atoms with Crippen molar-refractivity contribution in [3.63, 3.8) is 0 Å². The Kier molecular flexibility index (Phi) is 4.81. The van der Waals surface area contributed by atoms with E-state index in [9.17, 15) is 4.79 Å². The van der Waals surface area contributed by atoms with Gasteiger partial charge in [0.1, 0.15) is 22.5 Å². The second-order valence-electron chi connectivity index (χ2n) is 7.03. The summed E-state index contributed by atoms with van der Waals surface area (Å²) in [6, 6.07) is 15.8. The number of carbonyl (C=O) groups excluding carboxylic acids is 1. The van der Waals surface area contributed by atoms with Gasteiger partial charge in [0, 0.05) is 29.9 Å². The molecule has 0 saturated carbocycles. The summed E-state index contributed by atoms with van der Waals surface area (Å²) in [5.41, 5.74) is 4.18. The molecule has 3 heterocycles. The number of furan rings is 1. The van der Waals surface area contributed by atoms with Gasteiger partial charge in [-0.1, -0.05) is 23.9 Å². The zero-order chi connectivity index (χ0) is 19.6. The van der Waals surface area contributed by atoms with Gasteiger partial charge in [0.15, 0.2) is 5.58 Å². The number of nitrogens with one attached hydrogen (secondary N) is 1. The van der Waals surface area contributed by atoms with Crippen LogP contribution >= 0.6 is 11.8 Å². The minimum absolute atomic E-state index is 0.0770. The van der Waals surface area contributed by atoms with Crippen LogP contribution in [-0.4, -0.2) is 34.7 Å². The molecule has 1 N–H and O–H groups in total. The number of benzene rings is 2. The molecule has 1 amide bonds. The lowest BCUT2D eigenvalue weighted by molar-refractivity contribution is -0.113. The number of nitrogens with zero attached hydrogens (tertiary/aromatic N) is 3. The summed E-state index contributed by atoms with van der Waals surface area (Å²) in [6.45, 7) is 2.22. The molecule has 1 fully saturated rings. The summed E-state index contributed by atoms with van der Waals surface area (Å²) in [6.07, 6.45) is 4.01. The standard InChI is InChI=1S/C22H20N4O2S/c27-19(25-15-7-9-16(10-8-15)26-11-3-4-12-26)13-29-22-21-20(23-14-24-22)17-5-1-2-6-18(17)28-21/h1-2,5-10,14H,3-4,11-13H2,(H,25,27). The van der Waals surface area contributed by atoms with E-state index in [1.165, 1.54) is 36.6 Å². The Bertz CT molecular complexity index is 1170. The second kappa shape index (κ2) is 7.75. The van der Waals surface area contributed by atoms with Crippen molar-refractivity contribution in [2.24, 2.45) is 0 Å². The van der Waals surface area contributed by atoms with Gasteiger partial charge in [-0.2, -0.15) is 0 Å². The molecule has 0 spiro atoms. The van der Waals surface area contributed by atoms with Gasteiger partial charge in [0.05, 0.1) is 5.75 Å². The Balaban J connectivity index is 1.26. The third-order valence-corrected chi connectivity index (χ3v) is 6.06. The van der Waals surface area contributed by atoms with Crippen LogP contribution in [0.2, 0.25) is 0 Å². The Hall–Kier alpha value is -3.06. The third-order valence-electron chi connectivity index (χ3n) is 5.09. The maximum atomic E-state index is 12.4. The molecule has 29 heavy (non-hydrogen) atoms. The van der Waals surface area contributed by atoms with Gasteiger partial charge in [-0.05, 0) is 49.2 Å². The van der Waals surface area contributed by atoms with E-state index in [1.807, 2.05) is 36.4 Å². The van der Waals surface area contributed by atoms with Crippen LogP contribution in [0.15, 0.2) is 64.3 Å². The lowest BCUT2D eigenvalue weighted by atomic mass is 10.2. The molecular weight excluding hydrogens is 384 g/mol. The first-order valence-electron chi connectivity index (χ1n) is 9.68. The summed E-state index contributed by atoms with van der Waals surface area (Å²) < 4.78 is 5.91. The van der Waals surface area contributed by atoms with Crippen LogP contribution in [0.4, 0.5) is 11.4 Å². The van der Waals surface area contributed by atoms with Crippen molar-refractivity contribution in [2.45, 2.75) is 17.9 Å². The smallest absolute Gasteiger partial charge is 0.234 e. The fraction of sp³-hybridized carbons (Fsp3) is 0.227. The van der Waals surface area contributed by atoms with Crippen LogP contribution in [0.1, 0.15) is 12.8 Å². The van der Waals surface area contributed by atoms with Crippen molar-refractivity contribution >= 4 is 51.1 Å². The van der Waals surface area contributed by atoms with E-state index in [2.05, 4.69) is 32.3 Å². The monoisotopic (exact) mass is 404 g/mol. The number of rotatable bonds is 5. The average molecular weight is 404 g/mol. The van der Waals surface area contributed by atoms with Gasteiger partial charge in [-0.25, -0.2) is 9.97 Å². The predicted octanol–water partition coefficient (Wildman–Crippen LogP) is 4.71. The fourth-order valence-corrected chi connectivity index (χ4v) is 4.40. The predicted molar refractivity (Wildman–Crippen MR) is 117 cm³/mol. The van der Waals surface area contributed by atoms with E-state index in [-0.39, 0.29) is 11.7 Å². The van der Waals surface area contributed by atoms with Gasteiger partial charge in [0.25, 0.3) is 0 Å². The number of anilines is 2.